The third kappa shape index (κ3) is 6.56. The van der Waals surface area contributed by atoms with Gasteiger partial charge in [-0.05, 0) is 74.7 Å². The van der Waals surface area contributed by atoms with Crippen molar-refractivity contribution in [1.29, 1.82) is 0 Å². The van der Waals surface area contributed by atoms with Gasteiger partial charge in [-0.3, -0.25) is 9.69 Å². The zero-order chi connectivity index (χ0) is 23.3. The van der Waals surface area contributed by atoms with E-state index in [2.05, 4.69) is 56.2 Å². The molecule has 3 rings (SSSR count). The molecule has 2 aromatic rings. The van der Waals surface area contributed by atoms with Gasteiger partial charge in [-0.1, -0.05) is 31.5 Å². The molecule has 1 aliphatic rings. The van der Waals surface area contributed by atoms with Crippen LogP contribution in [0.4, 0.5) is 0 Å². The number of fused-ring (bicyclic) bond motifs is 1. The summed E-state index contributed by atoms with van der Waals surface area (Å²) in [5.41, 5.74) is 3.54. The van der Waals surface area contributed by atoms with Gasteiger partial charge in [0.15, 0.2) is 0 Å². The largest absolute Gasteiger partial charge is 0.491 e. The van der Waals surface area contributed by atoms with Gasteiger partial charge in [-0.25, -0.2) is 0 Å². The molecule has 1 amide bonds. The lowest BCUT2D eigenvalue weighted by Crippen LogP contribution is -2.47. The fraction of sp³-hybridized carbons (Fsp3) is 0.577. The van der Waals surface area contributed by atoms with Gasteiger partial charge >= 0.3 is 0 Å². The first-order chi connectivity index (χ1) is 15.2. The lowest BCUT2D eigenvalue weighted by molar-refractivity contribution is -0.136. The Kier molecular flexibility index (Phi) is 8.74. The van der Waals surface area contributed by atoms with Gasteiger partial charge in [-0.2, -0.15) is 0 Å². The minimum atomic E-state index is -0.455. The van der Waals surface area contributed by atoms with Crippen LogP contribution in [-0.4, -0.2) is 59.7 Å². The van der Waals surface area contributed by atoms with Gasteiger partial charge in [0.25, 0.3) is 0 Å². The molecule has 1 aromatic heterocycles. The van der Waals surface area contributed by atoms with Crippen LogP contribution in [0.2, 0.25) is 0 Å². The number of carbonyl (C=O) groups excluding carboxylic acids is 1. The molecular formula is C26H38N2O3S. The molecule has 6 heteroatoms. The fourth-order valence-corrected chi connectivity index (χ4v) is 5.26. The summed E-state index contributed by atoms with van der Waals surface area (Å²) in [6.45, 7) is 13.1. The second-order valence-electron chi connectivity index (χ2n) is 9.50. The zero-order valence-corrected chi connectivity index (χ0v) is 21.0. The highest BCUT2D eigenvalue weighted by molar-refractivity contribution is 7.10. The molecule has 0 fully saturated rings. The zero-order valence-electron chi connectivity index (χ0n) is 20.1. The first kappa shape index (κ1) is 24.7. The normalized spacial score (nSPS) is 17.0. The number of thiophene rings is 1. The van der Waals surface area contributed by atoms with Crippen molar-refractivity contribution in [1.82, 2.24) is 9.80 Å². The van der Waals surface area contributed by atoms with E-state index < -0.39 is 6.10 Å². The Morgan fingerprint density at radius 1 is 1.28 bits per heavy atom. The van der Waals surface area contributed by atoms with Crippen LogP contribution in [-0.2, 0) is 11.2 Å². The number of benzene rings is 1. The minimum Gasteiger partial charge on any atom is -0.491 e. The summed E-state index contributed by atoms with van der Waals surface area (Å²) in [6.07, 6.45) is 1.44. The summed E-state index contributed by atoms with van der Waals surface area (Å²) in [5.74, 6) is 1.54. The van der Waals surface area contributed by atoms with Crippen LogP contribution >= 0.6 is 11.3 Å². The van der Waals surface area contributed by atoms with E-state index in [0.717, 1.165) is 30.7 Å². The summed E-state index contributed by atoms with van der Waals surface area (Å²) in [6, 6.07) is 8.26. The number of rotatable bonds is 10. The third-order valence-electron chi connectivity index (χ3n) is 6.05. The quantitative estimate of drug-likeness (QED) is 0.565. The van der Waals surface area contributed by atoms with Gasteiger partial charge in [0.05, 0.1) is 18.7 Å². The Bertz CT molecular complexity index is 893. The molecular weight excluding hydrogens is 420 g/mol. The lowest BCUT2D eigenvalue weighted by Gasteiger charge is -2.37. The maximum Gasteiger partial charge on any atom is 0.237 e. The molecule has 0 saturated heterocycles. The van der Waals surface area contributed by atoms with E-state index >= 15 is 0 Å². The molecule has 0 aliphatic carbocycles. The molecule has 1 N–H and O–H groups in total. The Balaban J connectivity index is 1.74. The Labute approximate surface area is 197 Å². The molecule has 0 spiro atoms. The van der Waals surface area contributed by atoms with Crippen molar-refractivity contribution in [2.45, 2.75) is 59.6 Å². The number of nitrogens with zero attached hydrogens (tertiary/aromatic N) is 2. The van der Waals surface area contributed by atoms with Crippen LogP contribution in [0.15, 0.2) is 29.6 Å². The monoisotopic (exact) mass is 458 g/mol. The van der Waals surface area contributed by atoms with Crippen LogP contribution < -0.4 is 4.74 Å². The average Bonchev–Trinajstić information content (AvgIpc) is 3.19. The van der Waals surface area contributed by atoms with Crippen molar-refractivity contribution in [2.24, 2.45) is 5.92 Å². The van der Waals surface area contributed by atoms with Gasteiger partial charge in [0.2, 0.25) is 5.91 Å². The van der Waals surface area contributed by atoms with Crippen LogP contribution in [0.3, 0.4) is 0 Å². The standard InChI is InChI=1S/C26H38N2O3S/c1-18(2)8-11-27(15-21(5)29)16-26(30)28-12-9-25-22(10-13-32-25)23(28)17-31-24-7-6-19(3)14-20(24)4/h6-7,10,13-14,18,21,23,29H,8-9,11-12,15-17H2,1-5H3/t21-,23-/m0/s1. The maximum atomic E-state index is 13.5. The van der Waals surface area contributed by atoms with Crippen molar-refractivity contribution in [3.05, 3.63) is 51.2 Å². The predicted molar refractivity (Wildman–Crippen MR) is 131 cm³/mol. The van der Waals surface area contributed by atoms with E-state index in [1.165, 1.54) is 16.0 Å². The molecule has 1 aromatic carbocycles. The smallest absolute Gasteiger partial charge is 0.237 e. The van der Waals surface area contributed by atoms with Crippen molar-refractivity contribution in [3.63, 3.8) is 0 Å². The number of carbonyl (C=O) groups is 1. The molecule has 5 nitrogen and oxygen atoms in total. The summed E-state index contributed by atoms with van der Waals surface area (Å²) < 4.78 is 6.24. The number of aryl methyl sites for hydroxylation is 2. The summed E-state index contributed by atoms with van der Waals surface area (Å²) in [4.78, 5) is 18.9. The number of hydrogen-bond acceptors (Lipinski definition) is 5. The van der Waals surface area contributed by atoms with Crippen LogP contribution in [0, 0.1) is 19.8 Å². The molecule has 2 atom stereocenters. The van der Waals surface area contributed by atoms with Gasteiger partial charge in [-0.15, -0.1) is 11.3 Å². The van der Waals surface area contributed by atoms with Crippen molar-refractivity contribution in [3.8, 4) is 5.75 Å². The molecule has 0 unspecified atom stereocenters. The molecule has 32 heavy (non-hydrogen) atoms. The van der Waals surface area contributed by atoms with Crippen LogP contribution in [0.5, 0.6) is 5.75 Å². The highest BCUT2D eigenvalue weighted by Gasteiger charge is 2.33. The first-order valence-corrected chi connectivity index (χ1v) is 12.6. The molecule has 0 bridgehead atoms. The number of hydrogen-bond donors (Lipinski definition) is 1. The molecule has 2 heterocycles. The van der Waals surface area contributed by atoms with Crippen molar-refractivity contribution >= 4 is 17.2 Å². The van der Waals surface area contributed by atoms with Crippen LogP contribution in [0.1, 0.15) is 54.8 Å². The SMILES string of the molecule is Cc1ccc(OC[C@H]2c3ccsc3CCN2C(=O)CN(CCC(C)C)C[C@H](C)O)c(C)c1. The topological polar surface area (TPSA) is 53.0 Å². The van der Waals surface area contributed by atoms with E-state index in [-0.39, 0.29) is 11.9 Å². The van der Waals surface area contributed by atoms with E-state index in [1.807, 2.05) is 11.0 Å². The van der Waals surface area contributed by atoms with Gasteiger partial charge < -0.3 is 14.7 Å². The second kappa shape index (κ2) is 11.3. The molecule has 1 aliphatic heterocycles. The molecule has 0 saturated carbocycles. The number of aliphatic hydroxyl groups excluding tert-OH is 1. The lowest BCUT2D eigenvalue weighted by atomic mass is 10.00. The predicted octanol–water partition coefficient (Wildman–Crippen LogP) is 4.60. The number of ether oxygens (including phenoxy) is 1. The third-order valence-corrected chi connectivity index (χ3v) is 7.04. The van der Waals surface area contributed by atoms with E-state index in [4.69, 9.17) is 4.74 Å². The van der Waals surface area contributed by atoms with Gasteiger partial charge in [0, 0.05) is 18.0 Å². The van der Waals surface area contributed by atoms with Crippen molar-refractivity contribution in [2.75, 3.05) is 32.8 Å². The second-order valence-corrected chi connectivity index (χ2v) is 10.5. The summed E-state index contributed by atoms with van der Waals surface area (Å²) >= 11 is 1.77. The Morgan fingerprint density at radius 2 is 2.06 bits per heavy atom. The number of amides is 1. The Morgan fingerprint density at radius 3 is 2.75 bits per heavy atom. The fourth-order valence-electron chi connectivity index (χ4n) is 4.34. The maximum absolute atomic E-state index is 13.5. The highest BCUT2D eigenvalue weighted by Crippen LogP contribution is 2.34. The molecule has 176 valence electrons. The summed E-state index contributed by atoms with van der Waals surface area (Å²) in [7, 11) is 0. The van der Waals surface area contributed by atoms with E-state index in [9.17, 15) is 9.90 Å². The van der Waals surface area contributed by atoms with Crippen LogP contribution in [0.25, 0.3) is 0 Å². The van der Waals surface area contributed by atoms with E-state index in [0.29, 0.717) is 32.2 Å². The minimum absolute atomic E-state index is 0.0864. The summed E-state index contributed by atoms with van der Waals surface area (Å²) in [5, 5.41) is 12.1. The van der Waals surface area contributed by atoms with Gasteiger partial charge in [0.1, 0.15) is 12.4 Å². The Hall–Kier alpha value is -1.89. The average molecular weight is 459 g/mol. The van der Waals surface area contributed by atoms with Crippen molar-refractivity contribution < 1.29 is 14.6 Å². The number of aliphatic hydroxyl groups is 1. The molecule has 0 radical (unpaired) electrons. The highest BCUT2D eigenvalue weighted by atomic mass is 32.1. The first-order valence-electron chi connectivity index (χ1n) is 11.7. The van der Waals surface area contributed by atoms with E-state index in [1.54, 1.807) is 18.3 Å².